The predicted molar refractivity (Wildman–Crippen MR) is 98.5 cm³/mol. The van der Waals surface area contributed by atoms with Crippen molar-refractivity contribution < 1.29 is 0 Å². The Morgan fingerprint density at radius 2 is 1.61 bits per heavy atom. The van der Waals surface area contributed by atoms with Crippen molar-refractivity contribution in [2.45, 2.75) is 72.1 Å². The molecule has 0 spiro atoms. The van der Waals surface area contributed by atoms with Gasteiger partial charge in [-0.1, -0.05) is 76.1 Å². The fourth-order valence-electron chi connectivity index (χ4n) is 6.90. The standard InChI is InChI=1S/C23H32/c1-21(2)14-8-15-23(4)19(21)13-16-22(3)18(11-12-20(22)23)17-9-6-5-7-10-17/h5-7,9-10,12,18-19H,8,11,13-16H2,1-4H3/t18-,19+,22-,23+/m0/s1. The Morgan fingerprint density at radius 3 is 2.35 bits per heavy atom. The van der Waals surface area contributed by atoms with Crippen molar-refractivity contribution in [3.63, 3.8) is 0 Å². The summed E-state index contributed by atoms with van der Waals surface area (Å²) in [6.45, 7) is 10.2. The van der Waals surface area contributed by atoms with Gasteiger partial charge in [0, 0.05) is 0 Å². The second-order valence-electron chi connectivity index (χ2n) is 9.59. The molecule has 0 heteroatoms. The maximum atomic E-state index is 2.66. The van der Waals surface area contributed by atoms with E-state index in [-0.39, 0.29) is 0 Å². The van der Waals surface area contributed by atoms with Crippen LogP contribution < -0.4 is 0 Å². The van der Waals surface area contributed by atoms with Gasteiger partial charge in [0.25, 0.3) is 0 Å². The summed E-state index contributed by atoms with van der Waals surface area (Å²) in [5.41, 5.74) is 4.72. The molecule has 1 aromatic rings. The van der Waals surface area contributed by atoms with E-state index in [1.54, 1.807) is 5.56 Å². The van der Waals surface area contributed by atoms with Gasteiger partial charge in [0.05, 0.1) is 0 Å². The average Bonchev–Trinajstić information content (AvgIpc) is 2.86. The molecule has 0 N–H and O–H groups in total. The van der Waals surface area contributed by atoms with Crippen LogP contribution in [-0.2, 0) is 0 Å². The van der Waals surface area contributed by atoms with Gasteiger partial charge in [-0.15, -0.1) is 0 Å². The average molecular weight is 309 g/mol. The molecule has 3 aliphatic rings. The molecule has 1 aromatic carbocycles. The van der Waals surface area contributed by atoms with Crippen LogP contribution in [0.5, 0.6) is 0 Å². The van der Waals surface area contributed by atoms with Crippen molar-refractivity contribution in [3.8, 4) is 0 Å². The summed E-state index contributed by atoms with van der Waals surface area (Å²) in [4.78, 5) is 0. The van der Waals surface area contributed by atoms with Crippen LogP contribution in [-0.4, -0.2) is 0 Å². The van der Waals surface area contributed by atoms with Gasteiger partial charge in [0.2, 0.25) is 0 Å². The monoisotopic (exact) mass is 308 g/mol. The van der Waals surface area contributed by atoms with Crippen LogP contribution in [0.1, 0.15) is 77.7 Å². The van der Waals surface area contributed by atoms with Gasteiger partial charge >= 0.3 is 0 Å². The summed E-state index contributed by atoms with van der Waals surface area (Å²) in [6, 6.07) is 11.3. The van der Waals surface area contributed by atoms with Crippen molar-refractivity contribution in [2.75, 3.05) is 0 Å². The Labute approximate surface area is 142 Å². The first kappa shape index (κ1) is 15.5. The van der Waals surface area contributed by atoms with E-state index in [1.165, 1.54) is 38.5 Å². The van der Waals surface area contributed by atoms with E-state index in [9.17, 15) is 0 Å². The fraction of sp³-hybridized carbons (Fsp3) is 0.652. The molecule has 0 nitrogen and oxygen atoms in total. The topological polar surface area (TPSA) is 0 Å². The zero-order valence-corrected chi connectivity index (χ0v) is 15.4. The second-order valence-corrected chi connectivity index (χ2v) is 9.59. The van der Waals surface area contributed by atoms with E-state index >= 15 is 0 Å². The molecule has 0 unspecified atom stereocenters. The molecule has 0 amide bonds. The highest BCUT2D eigenvalue weighted by Gasteiger charge is 2.58. The van der Waals surface area contributed by atoms with Gasteiger partial charge in [0.15, 0.2) is 0 Å². The van der Waals surface area contributed by atoms with Crippen LogP contribution in [0.15, 0.2) is 42.0 Å². The molecular formula is C23H32. The van der Waals surface area contributed by atoms with Crippen LogP contribution in [0, 0.1) is 22.2 Å². The lowest BCUT2D eigenvalue weighted by atomic mass is 9.45. The molecule has 2 fully saturated rings. The lowest BCUT2D eigenvalue weighted by Crippen LogP contribution is -2.50. The molecule has 0 bridgehead atoms. The Morgan fingerprint density at radius 1 is 0.870 bits per heavy atom. The lowest BCUT2D eigenvalue weighted by molar-refractivity contribution is -0.0265. The minimum Gasteiger partial charge on any atom is -0.0836 e. The van der Waals surface area contributed by atoms with Gasteiger partial charge < -0.3 is 0 Å². The summed E-state index contributed by atoms with van der Waals surface area (Å²) in [5, 5.41) is 0. The summed E-state index contributed by atoms with van der Waals surface area (Å²) < 4.78 is 0. The largest absolute Gasteiger partial charge is 0.0836 e. The van der Waals surface area contributed by atoms with Crippen molar-refractivity contribution in [3.05, 3.63) is 47.5 Å². The highest BCUT2D eigenvalue weighted by molar-refractivity contribution is 5.39. The van der Waals surface area contributed by atoms with Crippen LogP contribution in [0.2, 0.25) is 0 Å². The normalized spacial score (nSPS) is 41.8. The Balaban J connectivity index is 1.73. The maximum absolute atomic E-state index is 2.66. The van der Waals surface area contributed by atoms with E-state index in [0.29, 0.717) is 22.2 Å². The minimum absolute atomic E-state index is 0.389. The van der Waals surface area contributed by atoms with Crippen molar-refractivity contribution in [2.24, 2.45) is 22.2 Å². The Bertz CT molecular complexity index is 623. The zero-order valence-electron chi connectivity index (χ0n) is 15.4. The van der Waals surface area contributed by atoms with E-state index < -0.39 is 0 Å². The van der Waals surface area contributed by atoms with Crippen LogP contribution in [0.3, 0.4) is 0 Å². The first-order valence-corrected chi connectivity index (χ1v) is 9.64. The maximum Gasteiger partial charge on any atom is -0.00358 e. The van der Waals surface area contributed by atoms with Crippen molar-refractivity contribution in [1.82, 2.24) is 0 Å². The third kappa shape index (κ3) is 2.10. The van der Waals surface area contributed by atoms with E-state index in [0.717, 1.165) is 5.92 Å². The van der Waals surface area contributed by atoms with Gasteiger partial charge in [-0.05, 0) is 65.7 Å². The molecule has 0 aromatic heterocycles. The molecule has 4 atom stereocenters. The van der Waals surface area contributed by atoms with Gasteiger partial charge in [0.1, 0.15) is 0 Å². The zero-order chi connectivity index (χ0) is 16.3. The number of hydrogen-bond acceptors (Lipinski definition) is 0. The Hall–Kier alpha value is -1.04. The number of allylic oxidation sites excluding steroid dienone is 2. The van der Waals surface area contributed by atoms with Crippen molar-refractivity contribution >= 4 is 0 Å². The van der Waals surface area contributed by atoms with E-state index in [1.807, 2.05) is 5.57 Å². The van der Waals surface area contributed by atoms with Gasteiger partial charge in [-0.25, -0.2) is 0 Å². The third-order valence-corrected chi connectivity index (χ3v) is 7.94. The first-order valence-electron chi connectivity index (χ1n) is 9.64. The molecule has 0 radical (unpaired) electrons. The van der Waals surface area contributed by atoms with Crippen LogP contribution in [0.25, 0.3) is 0 Å². The molecular weight excluding hydrogens is 276 g/mol. The molecule has 0 aliphatic heterocycles. The van der Waals surface area contributed by atoms with Gasteiger partial charge in [-0.2, -0.15) is 0 Å². The minimum atomic E-state index is 0.389. The molecule has 4 rings (SSSR count). The molecule has 124 valence electrons. The lowest BCUT2D eigenvalue weighted by Gasteiger charge is -2.59. The van der Waals surface area contributed by atoms with Crippen LogP contribution >= 0.6 is 0 Å². The van der Waals surface area contributed by atoms with Crippen molar-refractivity contribution in [1.29, 1.82) is 0 Å². The van der Waals surface area contributed by atoms with E-state index in [4.69, 9.17) is 0 Å². The molecule has 2 saturated carbocycles. The third-order valence-electron chi connectivity index (χ3n) is 7.94. The highest BCUT2D eigenvalue weighted by atomic mass is 14.6. The first-order chi connectivity index (χ1) is 10.9. The number of rotatable bonds is 1. The summed E-state index contributed by atoms with van der Waals surface area (Å²) in [7, 11) is 0. The van der Waals surface area contributed by atoms with E-state index in [2.05, 4.69) is 64.1 Å². The highest BCUT2D eigenvalue weighted by Crippen LogP contribution is 2.69. The second kappa shape index (κ2) is 4.98. The predicted octanol–water partition coefficient (Wildman–Crippen LogP) is 6.73. The smallest absolute Gasteiger partial charge is 0.00358 e. The quantitative estimate of drug-likeness (QED) is 0.504. The molecule has 0 heterocycles. The molecule has 3 aliphatic carbocycles. The summed E-state index contributed by atoms with van der Waals surface area (Å²) >= 11 is 0. The summed E-state index contributed by atoms with van der Waals surface area (Å²) in [6.07, 6.45) is 10.9. The SMILES string of the molecule is CC1(C)CCC[C@@]2(C)C3=CC[C@@H](c4ccccc4)[C@]3(C)CC[C@H]12. The van der Waals surface area contributed by atoms with Gasteiger partial charge in [-0.3, -0.25) is 0 Å². The summed E-state index contributed by atoms with van der Waals surface area (Å²) in [5.74, 6) is 1.57. The van der Waals surface area contributed by atoms with Crippen LogP contribution in [0.4, 0.5) is 0 Å². The molecule has 0 saturated heterocycles. The molecule has 23 heavy (non-hydrogen) atoms. The number of fused-ring (bicyclic) bond motifs is 3. The number of benzene rings is 1. The Kier molecular flexibility index (Phi) is 3.35. The fourth-order valence-corrected chi connectivity index (χ4v) is 6.90. The number of hydrogen-bond donors (Lipinski definition) is 0.